The van der Waals surface area contributed by atoms with Crippen LogP contribution in [0.4, 0.5) is 5.69 Å². The molecule has 0 spiro atoms. The van der Waals surface area contributed by atoms with Crippen LogP contribution in [0.1, 0.15) is 25.7 Å². The van der Waals surface area contributed by atoms with E-state index in [9.17, 15) is 5.11 Å². The highest BCUT2D eigenvalue weighted by molar-refractivity contribution is 7.80. The van der Waals surface area contributed by atoms with Gasteiger partial charge in [-0.25, -0.2) is 0 Å². The molecule has 2 atom stereocenters. The van der Waals surface area contributed by atoms with Crippen molar-refractivity contribution >= 4 is 34.6 Å². The highest BCUT2D eigenvalue weighted by atomic mass is 35.5. The number of hydrogen-bond acceptors (Lipinski definition) is 2. The minimum atomic E-state index is -0.302. The van der Waals surface area contributed by atoms with Crippen molar-refractivity contribution in [1.29, 1.82) is 0 Å². The minimum Gasteiger partial charge on any atom is -0.391 e. The van der Waals surface area contributed by atoms with Crippen LogP contribution in [0.25, 0.3) is 0 Å². The van der Waals surface area contributed by atoms with Crippen LogP contribution in [0.2, 0.25) is 5.02 Å². The first-order chi connectivity index (χ1) is 8.65. The van der Waals surface area contributed by atoms with Gasteiger partial charge in [-0.3, -0.25) is 0 Å². The number of nitrogens with one attached hydrogen (secondary N) is 2. The van der Waals surface area contributed by atoms with Gasteiger partial charge >= 0.3 is 0 Å². The van der Waals surface area contributed by atoms with Gasteiger partial charge in [0.1, 0.15) is 0 Å². The lowest BCUT2D eigenvalue weighted by molar-refractivity contribution is 0.100. The molecule has 1 aliphatic rings. The van der Waals surface area contributed by atoms with Gasteiger partial charge in [0.2, 0.25) is 0 Å². The Balaban J connectivity index is 1.86. The van der Waals surface area contributed by atoms with Crippen molar-refractivity contribution in [3.63, 3.8) is 0 Å². The monoisotopic (exact) mass is 284 g/mol. The lowest BCUT2D eigenvalue weighted by Crippen LogP contribution is -2.46. The predicted octanol–water partition coefficient (Wildman–Crippen LogP) is 2.93. The molecule has 1 saturated carbocycles. The van der Waals surface area contributed by atoms with Crippen molar-refractivity contribution in [1.82, 2.24) is 5.32 Å². The Hall–Kier alpha value is -0.840. The van der Waals surface area contributed by atoms with Gasteiger partial charge in [0.05, 0.1) is 12.1 Å². The number of benzene rings is 1. The van der Waals surface area contributed by atoms with Crippen LogP contribution in [0.5, 0.6) is 0 Å². The van der Waals surface area contributed by atoms with E-state index in [1.165, 1.54) is 0 Å². The van der Waals surface area contributed by atoms with E-state index in [0.29, 0.717) is 10.1 Å². The summed E-state index contributed by atoms with van der Waals surface area (Å²) in [6.45, 7) is 0. The maximum Gasteiger partial charge on any atom is 0.171 e. The van der Waals surface area contributed by atoms with Gasteiger partial charge in [0, 0.05) is 10.7 Å². The molecular formula is C13H17ClN2OS. The number of halogens is 1. The van der Waals surface area contributed by atoms with E-state index in [1.54, 1.807) is 0 Å². The van der Waals surface area contributed by atoms with Gasteiger partial charge in [0.15, 0.2) is 5.11 Å². The molecule has 0 radical (unpaired) electrons. The Kier molecular flexibility index (Phi) is 4.80. The molecule has 0 bridgehead atoms. The largest absolute Gasteiger partial charge is 0.391 e. The second-order valence-electron chi connectivity index (χ2n) is 4.56. The van der Waals surface area contributed by atoms with E-state index in [-0.39, 0.29) is 12.1 Å². The first kappa shape index (κ1) is 13.6. The highest BCUT2D eigenvalue weighted by Crippen LogP contribution is 2.19. The second-order valence-corrected chi connectivity index (χ2v) is 5.41. The van der Waals surface area contributed by atoms with Crippen LogP contribution >= 0.6 is 23.8 Å². The molecule has 1 aromatic rings. The van der Waals surface area contributed by atoms with E-state index < -0.39 is 0 Å². The van der Waals surface area contributed by atoms with Gasteiger partial charge in [-0.15, -0.1) is 0 Å². The normalized spacial score (nSPS) is 23.4. The second kappa shape index (κ2) is 6.36. The van der Waals surface area contributed by atoms with Crippen molar-refractivity contribution in [2.45, 2.75) is 37.8 Å². The van der Waals surface area contributed by atoms with Gasteiger partial charge in [-0.1, -0.05) is 24.4 Å². The molecule has 0 aromatic heterocycles. The molecule has 0 amide bonds. The van der Waals surface area contributed by atoms with Crippen molar-refractivity contribution in [3.8, 4) is 0 Å². The fourth-order valence-electron chi connectivity index (χ4n) is 2.15. The summed E-state index contributed by atoms with van der Waals surface area (Å²) in [6, 6.07) is 7.41. The maximum absolute atomic E-state index is 9.85. The summed E-state index contributed by atoms with van der Waals surface area (Å²) < 4.78 is 0. The van der Waals surface area contributed by atoms with E-state index in [1.807, 2.05) is 24.3 Å². The summed E-state index contributed by atoms with van der Waals surface area (Å²) in [5, 5.41) is 17.4. The van der Waals surface area contributed by atoms with E-state index in [4.69, 9.17) is 23.8 Å². The third kappa shape index (κ3) is 3.83. The van der Waals surface area contributed by atoms with Crippen molar-refractivity contribution in [2.75, 3.05) is 5.32 Å². The number of aliphatic hydroxyl groups excluding tert-OH is 1. The molecule has 3 N–H and O–H groups in total. The summed E-state index contributed by atoms with van der Waals surface area (Å²) in [5.41, 5.74) is 0.891. The average Bonchev–Trinajstić information content (AvgIpc) is 2.35. The Morgan fingerprint density at radius 3 is 2.56 bits per heavy atom. The van der Waals surface area contributed by atoms with E-state index in [0.717, 1.165) is 31.4 Å². The topological polar surface area (TPSA) is 44.3 Å². The Morgan fingerprint density at radius 2 is 1.89 bits per heavy atom. The summed E-state index contributed by atoms with van der Waals surface area (Å²) in [7, 11) is 0. The fourth-order valence-corrected chi connectivity index (χ4v) is 2.54. The summed E-state index contributed by atoms with van der Waals surface area (Å²) in [4.78, 5) is 0. The van der Waals surface area contributed by atoms with Gasteiger partial charge < -0.3 is 15.7 Å². The van der Waals surface area contributed by atoms with Gasteiger partial charge in [0.25, 0.3) is 0 Å². The zero-order valence-electron chi connectivity index (χ0n) is 10.0. The fraction of sp³-hybridized carbons (Fsp3) is 0.462. The average molecular weight is 285 g/mol. The molecule has 3 nitrogen and oxygen atoms in total. The van der Waals surface area contributed by atoms with E-state index in [2.05, 4.69) is 10.6 Å². The summed E-state index contributed by atoms with van der Waals surface area (Å²) in [5.74, 6) is 0. The first-order valence-electron chi connectivity index (χ1n) is 6.16. The Labute approximate surface area is 118 Å². The number of hydrogen-bond donors (Lipinski definition) is 3. The number of thiocarbonyl (C=S) groups is 1. The highest BCUT2D eigenvalue weighted by Gasteiger charge is 2.23. The lowest BCUT2D eigenvalue weighted by atomic mass is 9.93. The molecule has 1 aliphatic carbocycles. The van der Waals surface area contributed by atoms with Crippen LogP contribution in [0, 0.1) is 0 Å². The Morgan fingerprint density at radius 1 is 1.22 bits per heavy atom. The smallest absolute Gasteiger partial charge is 0.171 e. The molecule has 98 valence electrons. The van der Waals surface area contributed by atoms with Crippen molar-refractivity contribution in [3.05, 3.63) is 29.3 Å². The SMILES string of the molecule is O[C@@H]1CCCC[C@@H]1NC(=S)Nc1ccc(Cl)cc1. The molecule has 1 aromatic carbocycles. The van der Waals surface area contributed by atoms with Crippen LogP contribution in [0.15, 0.2) is 24.3 Å². The number of aliphatic hydroxyl groups is 1. The van der Waals surface area contributed by atoms with Crippen molar-refractivity contribution in [2.24, 2.45) is 0 Å². The van der Waals surface area contributed by atoms with Crippen LogP contribution in [-0.2, 0) is 0 Å². The Bertz CT molecular complexity index is 410. The number of anilines is 1. The molecular weight excluding hydrogens is 268 g/mol. The molecule has 2 rings (SSSR count). The van der Waals surface area contributed by atoms with E-state index >= 15 is 0 Å². The molecule has 1 fully saturated rings. The van der Waals surface area contributed by atoms with Crippen LogP contribution in [-0.4, -0.2) is 22.4 Å². The molecule has 0 unspecified atom stereocenters. The quantitative estimate of drug-likeness (QED) is 0.731. The zero-order chi connectivity index (χ0) is 13.0. The summed E-state index contributed by atoms with van der Waals surface area (Å²) in [6.07, 6.45) is 3.74. The molecule has 5 heteroatoms. The molecule has 0 aliphatic heterocycles. The predicted molar refractivity (Wildman–Crippen MR) is 79.1 cm³/mol. The maximum atomic E-state index is 9.85. The number of rotatable bonds is 2. The van der Waals surface area contributed by atoms with Crippen molar-refractivity contribution < 1.29 is 5.11 Å². The standard InChI is InChI=1S/C13H17ClN2OS/c14-9-5-7-10(8-6-9)15-13(18)16-11-3-1-2-4-12(11)17/h5-8,11-12,17H,1-4H2,(H2,15,16,18)/t11-,12+/m0/s1. The van der Waals surface area contributed by atoms with Crippen LogP contribution < -0.4 is 10.6 Å². The third-order valence-electron chi connectivity index (χ3n) is 3.15. The summed E-state index contributed by atoms with van der Waals surface area (Å²) >= 11 is 11.0. The first-order valence-corrected chi connectivity index (χ1v) is 6.95. The lowest BCUT2D eigenvalue weighted by Gasteiger charge is -2.29. The van der Waals surface area contributed by atoms with Gasteiger partial charge in [-0.05, 0) is 49.3 Å². The van der Waals surface area contributed by atoms with Crippen LogP contribution in [0.3, 0.4) is 0 Å². The minimum absolute atomic E-state index is 0.0612. The molecule has 0 saturated heterocycles. The van der Waals surface area contributed by atoms with Gasteiger partial charge in [-0.2, -0.15) is 0 Å². The third-order valence-corrected chi connectivity index (χ3v) is 3.62. The molecule has 18 heavy (non-hydrogen) atoms. The molecule has 0 heterocycles. The zero-order valence-corrected chi connectivity index (χ0v) is 11.6.